The molecule has 0 aliphatic heterocycles. The number of aryl methyl sites for hydroxylation is 1. The summed E-state index contributed by atoms with van der Waals surface area (Å²) in [5.74, 6) is 0.859. The molecule has 0 saturated heterocycles. The van der Waals surface area contributed by atoms with Crippen LogP contribution in [0.3, 0.4) is 0 Å². The number of amides is 2. The molecule has 5 heteroatoms. The lowest BCUT2D eigenvalue weighted by atomic mass is 9.97. The third kappa shape index (κ3) is 4.98. The van der Waals surface area contributed by atoms with Crippen LogP contribution in [0.1, 0.15) is 43.7 Å². The van der Waals surface area contributed by atoms with Gasteiger partial charge < -0.3 is 15.4 Å². The van der Waals surface area contributed by atoms with E-state index in [2.05, 4.69) is 16.7 Å². The topological polar surface area (TPSA) is 67.4 Å². The van der Waals surface area contributed by atoms with E-state index >= 15 is 0 Å². The minimum Gasteiger partial charge on any atom is -0.496 e. The SMILES string of the molecule is COc1ccc(C)cc1CCNC(=O)C(NC(C)=O)C1CCCC1. The van der Waals surface area contributed by atoms with Crippen molar-refractivity contribution in [2.24, 2.45) is 5.92 Å². The van der Waals surface area contributed by atoms with Gasteiger partial charge in [0.2, 0.25) is 11.8 Å². The van der Waals surface area contributed by atoms with Crippen molar-refractivity contribution < 1.29 is 14.3 Å². The lowest BCUT2D eigenvalue weighted by molar-refractivity contribution is -0.129. The van der Waals surface area contributed by atoms with Gasteiger partial charge in [0.05, 0.1) is 7.11 Å². The lowest BCUT2D eigenvalue weighted by Crippen LogP contribution is -2.50. The molecule has 1 aromatic rings. The normalized spacial score (nSPS) is 15.8. The van der Waals surface area contributed by atoms with E-state index in [9.17, 15) is 9.59 Å². The number of hydrogen-bond acceptors (Lipinski definition) is 3. The summed E-state index contributed by atoms with van der Waals surface area (Å²) in [4.78, 5) is 23.9. The summed E-state index contributed by atoms with van der Waals surface area (Å²) in [6, 6.07) is 5.62. The number of hydrogen-bond donors (Lipinski definition) is 2. The second kappa shape index (κ2) is 8.71. The molecule has 1 fully saturated rings. The van der Waals surface area contributed by atoms with Gasteiger partial charge in [-0.1, -0.05) is 30.5 Å². The van der Waals surface area contributed by atoms with Gasteiger partial charge in [-0.05, 0) is 43.7 Å². The number of nitrogens with one attached hydrogen (secondary N) is 2. The maximum atomic E-state index is 12.5. The zero-order chi connectivity index (χ0) is 17.5. The molecule has 1 aliphatic rings. The molecule has 2 amide bonds. The van der Waals surface area contributed by atoms with Crippen LogP contribution in [-0.2, 0) is 16.0 Å². The summed E-state index contributed by atoms with van der Waals surface area (Å²) >= 11 is 0. The van der Waals surface area contributed by atoms with Gasteiger partial charge in [-0.2, -0.15) is 0 Å². The van der Waals surface area contributed by atoms with Crippen molar-refractivity contribution in [1.29, 1.82) is 0 Å². The molecule has 0 bridgehead atoms. The van der Waals surface area contributed by atoms with Crippen LogP contribution in [0.5, 0.6) is 5.75 Å². The molecule has 0 spiro atoms. The fourth-order valence-electron chi connectivity index (χ4n) is 3.44. The molecule has 1 unspecified atom stereocenters. The fraction of sp³-hybridized carbons (Fsp3) is 0.579. The fourth-order valence-corrected chi connectivity index (χ4v) is 3.44. The summed E-state index contributed by atoms with van der Waals surface area (Å²) in [6.45, 7) is 4.03. The Morgan fingerprint density at radius 1 is 1.29 bits per heavy atom. The first-order valence-corrected chi connectivity index (χ1v) is 8.69. The van der Waals surface area contributed by atoms with E-state index in [1.165, 1.54) is 12.5 Å². The molecule has 2 rings (SSSR count). The first-order chi connectivity index (χ1) is 11.5. The Labute approximate surface area is 144 Å². The summed E-state index contributed by atoms with van der Waals surface area (Å²) in [7, 11) is 1.65. The third-order valence-corrected chi connectivity index (χ3v) is 4.64. The minimum absolute atomic E-state index is 0.0799. The van der Waals surface area contributed by atoms with Crippen molar-refractivity contribution in [2.75, 3.05) is 13.7 Å². The molecular formula is C19H28N2O3. The average Bonchev–Trinajstić information content (AvgIpc) is 3.06. The van der Waals surface area contributed by atoms with Crippen molar-refractivity contribution in [3.05, 3.63) is 29.3 Å². The molecule has 24 heavy (non-hydrogen) atoms. The molecular weight excluding hydrogens is 304 g/mol. The van der Waals surface area contributed by atoms with Crippen LogP contribution in [0.4, 0.5) is 0 Å². The zero-order valence-corrected chi connectivity index (χ0v) is 14.9. The average molecular weight is 332 g/mol. The molecule has 1 atom stereocenters. The first kappa shape index (κ1) is 18.3. The predicted molar refractivity (Wildman–Crippen MR) is 94.0 cm³/mol. The van der Waals surface area contributed by atoms with Crippen LogP contribution in [0.15, 0.2) is 18.2 Å². The molecule has 5 nitrogen and oxygen atoms in total. The highest BCUT2D eigenvalue weighted by atomic mass is 16.5. The highest BCUT2D eigenvalue weighted by Gasteiger charge is 2.31. The first-order valence-electron chi connectivity index (χ1n) is 8.69. The molecule has 0 heterocycles. The van der Waals surface area contributed by atoms with Gasteiger partial charge in [-0.15, -0.1) is 0 Å². The summed E-state index contributed by atoms with van der Waals surface area (Å²) in [6.07, 6.45) is 4.98. The van der Waals surface area contributed by atoms with Crippen LogP contribution in [0, 0.1) is 12.8 Å². The number of carbonyl (C=O) groups excluding carboxylic acids is 2. The van der Waals surface area contributed by atoms with E-state index in [1.54, 1.807) is 7.11 Å². The lowest BCUT2D eigenvalue weighted by Gasteiger charge is -2.23. The Hall–Kier alpha value is -2.04. The zero-order valence-electron chi connectivity index (χ0n) is 14.9. The van der Waals surface area contributed by atoms with E-state index in [0.717, 1.165) is 37.0 Å². The molecule has 1 saturated carbocycles. The minimum atomic E-state index is -0.413. The maximum Gasteiger partial charge on any atom is 0.242 e. The molecule has 1 aromatic carbocycles. The summed E-state index contributed by atoms with van der Waals surface area (Å²) in [5, 5.41) is 5.80. The van der Waals surface area contributed by atoms with E-state index in [0.29, 0.717) is 13.0 Å². The number of ether oxygens (including phenoxy) is 1. The number of carbonyl (C=O) groups is 2. The van der Waals surface area contributed by atoms with Crippen molar-refractivity contribution in [2.45, 2.75) is 52.0 Å². The van der Waals surface area contributed by atoms with Gasteiger partial charge in [0.15, 0.2) is 0 Å². The van der Waals surface area contributed by atoms with Crippen LogP contribution >= 0.6 is 0 Å². The van der Waals surface area contributed by atoms with Crippen LogP contribution in [-0.4, -0.2) is 31.5 Å². The van der Waals surface area contributed by atoms with Crippen LogP contribution in [0.25, 0.3) is 0 Å². The second-order valence-corrected chi connectivity index (χ2v) is 6.58. The Bertz CT molecular complexity index is 580. The highest BCUT2D eigenvalue weighted by Crippen LogP contribution is 2.28. The van der Waals surface area contributed by atoms with Gasteiger partial charge >= 0.3 is 0 Å². The van der Waals surface area contributed by atoms with Gasteiger partial charge in [-0.3, -0.25) is 9.59 Å². The van der Waals surface area contributed by atoms with E-state index in [-0.39, 0.29) is 17.7 Å². The van der Waals surface area contributed by atoms with Gasteiger partial charge in [0, 0.05) is 13.5 Å². The highest BCUT2D eigenvalue weighted by molar-refractivity contribution is 5.87. The van der Waals surface area contributed by atoms with E-state index in [1.807, 2.05) is 19.1 Å². The summed E-state index contributed by atoms with van der Waals surface area (Å²) in [5.41, 5.74) is 2.24. The molecule has 132 valence electrons. The van der Waals surface area contributed by atoms with Crippen molar-refractivity contribution in [3.8, 4) is 5.75 Å². The standard InChI is InChI=1S/C19H28N2O3/c1-13-8-9-17(24-3)16(12-13)10-11-20-19(23)18(21-14(2)22)15-6-4-5-7-15/h8-9,12,15,18H,4-7,10-11H2,1-3H3,(H,20,23)(H,21,22). The maximum absolute atomic E-state index is 12.5. The molecule has 1 aliphatic carbocycles. The Kier molecular flexibility index (Phi) is 6.64. The molecule has 2 N–H and O–H groups in total. The van der Waals surface area contributed by atoms with Crippen molar-refractivity contribution in [1.82, 2.24) is 10.6 Å². The number of benzene rings is 1. The largest absolute Gasteiger partial charge is 0.496 e. The third-order valence-electron chi connectivity index (χ3n) is 4.64. The Balaban J connectivity index is 1.93. The Morgan fingerprint density at radius 2 is 2.00 bits per heavy atom. The van der Waals surface area contributed by atoms with Crippen LogP contribution < -0.4 is 15.4 Å². The van der Waals surface area contributed by atoms with Crippen molar-refractivity contribution in [3.63, 3.8) is 0 Å². The van der Waals surface area contributed by atoms with Gasteiger partial charge in [-0.25, -0.2) is 0 Å². The number of methoxy groups -OCH3 is 1. The molecule has 0 aromatic heterocycles. The van der Waals surface area contributed by atoms with Gasteiger partial charge in [0.1, 0.15) is 11.8 Å². The quantitative estimate of drug-likeness (QED) is 0.805. The predicted octanol–water partition coefficient (Wildman–Crippen LogP) is 2.36. The van der Waals surface area contributed by atoms with E-state index in [4.69, 9.17) is 4.74 Å². The smallest absolute Gasteiger partial charge is 0.242 e. The van der Waals surface area contributed by atoms with Crippen LogP contribution in [0.2, 0.25) is 0 Å². The molecule has 0 radical (unpaired) electrons. The second-order valence-electron chi connectivity index (χ2n) is 6.58. The van der Waals surface area contributed by atoms with Crippen molar-refractivity contribution >= 4 is 11.8 Å². The summed E-state index contributed by atoms with van der Waals surface area (Å²) < 4.78 is 5.37. The monoisotopic (exact) mass is 332 g/mol. The van der Waals surface area contributed by atoms with E-state index < -0.39 is 6.04 Å². The number of rotatable bonds is 7. The van der Waals surface area contributed by atoms with Gasteiger partial charge in [0.25, 0.3) is 0 Å². The Morgan fingerprint density at radius 3 is 2.62 bits per heavy atom.